The van der Waals surface area contributed by atoms with Gasteiger partial charge in [0.1, 0.15) is 5.92 Å². The molecule has 0 N–H and O–H groups in total. The third-order valence-electron chi connectivity index (χ3n) is 3.29. The number of benzene rings is 1. The van der Waals surface area contributed by atoms with Crippen molar-refractivity contribution in [2.24, 2.45) is 5.92 Å². The number of carbonyl (C=O) groups is 2. The lowest BCUT2D eigenvalue weighted by Crippen LogP contribution is -2.26. The molecule has 1 unspecified atom stereocenters. The summed E-state index contributed by atoms with van der Waals surface area (Å²) in [5, 5.41) is 0. The van der Waals surface area contributed by atoms with Gasteiger partial charge in [-0.2, -0.15) is 0 Å². The minimum atomic E-state index is -0.658. The van der Waals surface area contributed by atoms with Gasteiger partial charge in [-0.15, -0.1) is 0 Å². The minimum Gasteiger partial charge on any atom is -0.465 e. The van der Waals surface area contributed by atoms with Crippen LogP contribution in [0.4, 0.5) is 0 Å². The van der Waals surface area contributed by atoms with Crippen LogP contribution in [0.25, 0.3) is 0 Å². The molecule has 3 nitrogen and oxygen atoms in total. The Labute approximate surface area is 121 Å². The second-order valence-corrected chi connectivity index (χ2v) is 4.88. The summed E-state index contributed by atoms with van der Waals surface area (Å²) in [6, 6.07) is 8.98. The van der Waals surface area contributed by atoms with Crippen molar-refractivity contribution in [3.63, 3.8) is 0 Å². The number of Topliss-reactive ketones (excluding diaryl/α,β-unsaturated/α-hetero) is 1. The van der Waals surface area contributed by atoms with Crippen LogP contribution >= 0.6 is 0 Å². The molecule has 0 bridgehead atoms. The smallest absolute Gasteiger partial charge is 0.316 e. The van der Waals surface area contributed by atoms with Crippen LogP contribution in [0.5, 0.6) is 0 Å². The fourth-order valence-electron chi connectivity index (χ4n) is 2.18. The Morgan fingerprint density at radius 3 is 2.35 bits per heavy atom. The van der Waals surface area contributed by atoms with Gasteiger partial charge in [-0.1, -0.05) is 62.9 Å². The molecule has 0 aliphatic heterocycles. The van der Waals surface area contributed by atoms with Crippen molar-refractivity contribution in [2.45, 2.75) is 46.0 Å². The Bertz CT molecular complexity index is 412. The van der Waals surface area contributed by atoms with Crippen LogP contribution in [0, 0.1) is 5.92 Å². The van der Waals surface area contributed by atoms with E-state index in [0.717, 1.165) is 25.7 Å². The van der Waals surface area contributed by atoms with E-state index in [0.29, 0.717) is 18.6 Å². The maximum atomic E-state index is 12.4. The lowest BCUT2D eigenvalue weighted by Gasteiger charge is -2.14. The molecule has 0 saturated carbocycles. The number of ether oxygens (including phenoxy) is 1. The third-order valence-corrected chi connectivity index (χ3v) is 3.29. The predicted octanol–water partition coefficient (Wildman–Crippen LogP) is 4.02. The van der Waals surface area contributed by atoms with Crippen molar-refractivity contribution in [3.8, 4) is 0 Å². The van der Waals surface area contributed by atoms with E-state index in [9.17, 15) is 9.59 Å². The zero-order valence-corrected chi connectivity index (χ0v) is 12.4. The van der Waals surface area contributed by atoms with Crippen molar-refractivity contribution in [2.75, 3.05) is 6.61 Å². The molecule has 1 aromatic carbocycles. The summed E-state index contributed by atoms with van der Waals surface area (Å²) in [5.41, 5.74) is 0.584. The normalized spacial score (nSPS) is 11.9. The molecule has 0 spiro atoms. The van der Waals surface area contributed by atoms with Gasteiger partial charge in [0.05, 0.1) is 6.61 Å². The summed E-state index contributed by atoms with van der Waals surface area (Å²) in [4.78, 5) is 24.4. The number of esters is 1. The number of carbonyl (C=O) groups excluding carboxylic acids is 2. The summed E-state index contributed by atoms with van der Waals surface area (Å²) in [5.74, 6) is -1.17. The molecule has 0 heterocycles. The van der Waals surface area contributed by atoms with Gasteiger partial charge in [0.2, 0.25) is 0 Å². The lowest BCUT2D eigenvalue weighted by atomic mass is 9.92. The van der Waals surface area contributed by atoms with E-state index in [4.69, 9.17) is 4.74 Å². The molecule has 0 aromatic heterocycles. The molecule has 0 aliphatic carbocycles. The topological polar surface area (TPSA) is 43.4 Å². The zero-order valence-electron chi connectivity index (χ0n) is 12.4. The molecule has 0 fully saturated rings. The molecule has 0 saturated heterocycles. The Hall–Kier alpha value is -1.64. The molecular weight excluding hydrogens is 252 g/mol. The van der Waals surface area contributed by atoms with Gasteiger partial charge >= 0.3 is 5.97 Å². The van der Waals surface area contributed by atoms with Crippen LogP contribution in [-0.4, -0.2) is 18.4 Å². The molecule has 110 valence electrons. The van der Waals surface area contributed by atoms with Gasteiger partial charge in [0.25, 0.3) is 0 Å². The Kier molecular flexibility index (Phi) is 7.63. The second kappa shape index (κ2) is 9.29. The Morgan fingerprint density at radius 2 is 1.75 bits per heavy atom. The Balaban J connectivity index is 2.71. The van der Waals surface area contributed by atoms with E-state index in [2.05, 4.69) is 6.92 Å². The molecule has 1 atom stereocenters. The largest absolute Gasteiger partial charge is 0.465 e. The highest BCUT2D eigenvalue weighted by atomic mass is 16.5. The zero-order chi connectivity index (χ0) is 14.8. The summed E-state index contributed by atoms with van der Waals surface area (Å²) in [7, 11) is 0. The summed E-state index contributed by atoms with van der Waals surface area (Å²) < 4.78 is 5.04. The summed E-state index contributed by atoms with van der Waals surface area (Å²) in [6.45, 7) is 4.21. The molecule has 0 aliphatic rings. The lowest BCUT2D eigenvalue weighted by molar-refractivity contribution is -0.146. The first kappa shape index (κ1) is 16.4. The van der Waals surface area contributed by atoms with E-state index in [1.807, 2.05) is 18.2 Å². The first-order valence-electron chi connectivity index (χ1n) is 7.46. The van der Waals surface area contributed by atoms with Crippen molar-refractivity contribution in [1.29, 1.82) is 0 Å². The van der Waals surface area contributed by atoms with Gasteiger partial charge in [-0.25, -0.2) is 0 Å². The fraction of sp³-hybridized carbons (Fsp3) is 0.529. The molecule has 1 rings (SSSR count). The quantitative estimate of drug-likeness (QED) is 0.296. The maximum Gasteiger partial charge on any atom is 0.316 e. The van der Waals surface area contributed by atoms with Crippen molar-refractivity contribution in [3.05, 3.63) is 35.9 Å². The molecule has 0 radical (unpaired) electrons. The van der Waals surface area contributed by atoms with Crippen molar-refractivity contribution < 1.29 is 14.3 Å². The van der Waals surface area contributed by atoms with E-state index < -0.39 is 11.9 Å². The monoisotopic (exact) mass is 276 g/mol. The number of ketones is 1. The number of rotatable bonds is 9. The first-order valence-corrected chi connectivity index (χ1v) is 7.46. The van der Waals surface area contributed by atoms with Gasteiger partial charge in [-0.3, -0.25) is 9.59 Å². The number of unbranched alkanes of at least 4 members (excludes halogenated alkanes) is 3. The highest BCUT2D eigenvalue weighted by Crippen LogP contribution is 2.18. The van der Waals surface area contributed by atoms with Crippen LogP contribution in [0.3, 0.4) is 0 Å². The highest BCUT2D eigenvalue weighted by Gasteiger charge is 2.28. The van der Waals surface area contributed by atoms with Gasteiger partial charge in [0.15, 0.2) is 5.78 Å². The van der Waals surface area contributed by atoms with Crippen LogP contribution < -0.4 is 0 Å². The van der Waals surface area contributed by atoms with E-state index in [1.54, 1.807) is 19.1 Å². The van der Waals surface area contributed by atoms with E-state index in [-0.39, 0.29) is 5.78 Å². The summed E-state index contributed by atoms with van der Waals surface area (Å²) in [6.07, 6.45) is 4.78. The SMILES string of the molecule is CCCCCCC(C(=O)OCC)C(=O)c1ccccc1. The minimum absolute atomic E-state index is 0.124. The van der Waals surface area contributed by atoms with Crippen LogP contribution in [0.2, 0.25) is 0 Å². The molecule has 3 heteroatoms. The summed E-state index contributed by atoms with van der Waals surface area (Å²) >= 11 is 0. The number of hydrogen-bond donors (Lipinski definition) is 0. The van der Waals surface area contributed by atoms with Crippen LogP contribution in [-0.2, 0) is 9.53 Å². The molecule has 0 amide bonds. The van der Waals surface area contributed by atoms with E-state index >= 15 is 0 Å². The third kappa shape index (κ3) is 5.16. The molecular formula is C17H24O3. The highest BCUT2D eigenvalue weighted by molar-refractivity contribution is 6.08. The van der Waals surface area contributed by atoms with E-state index in [1.165, 1.54) is 0 Å². The van der Waals surface area contributed by atoms with Gasteiger partial charge in [0, 0.05) is 5.56 Å². The van der Waals surface area contributed by atoms with Crippen LogP contribution in [0.15, 0.2) is 30.3 Å². The van der Waals surface area contributed by atoms with Gasteiger partial charge < -0.3 is 4.74 Å². The standard InChI is InChI=1S/C17H24O3/c1-3-5-6-10-13-15(17(19)20-4-2)16(18)14-11-8-7-9-12-14/h7-9,11-12,15H,3-6,10,13H2,1-2H3. The van der Waals surface area contributed by atoms with Crippen molar-refractivity contribution >= 4 is 11.8 Å². The Morgan fingerprint density at radius 1 is 1.05 bits per heavy atom. The predicted molar refractivity (Wildman–Crippen MR) is 79.7 cm³/mol. The average molecular weight is 276 g/mol. The van der Waals surface area contributed by atoms with Crippen LogP contribution in [0.1, 0.15) is 56.3 Å². The fourth-order valence-corrected chi connectivity index (χ4v) is 2.18. The van der Waals surface area contributed by atoms with Crippen molar-refractivity contribution in [1.82, 2.24) is 0 Å². The average Bonchev–Trinajstić information content (AvgIpc) is 2.48. The number of hydrogen-bond acceptors (Lipinski definition) is 3. The molecule has 20 heavy (non-hydrogen) atoms. The molecule has 1 aromatic rings. The second-order valence-electron chi connectivity index (χ2n) is 4.88. The first-order chi connectivity index (χ1) is 9.70. The maximum absolute atomic E-state index is 12.4. The van der Waals surface area contributed by atoms with Gasteiger partial charge in [-0.05, 0) is 13.3 Å².